The minimum Gasteiger partial charge on any atom is -0.367 e. The van der Waals surface area contributed by atoms with Crippen molar-refractivity contribution in [2.24, 2.45) is 10.9 Å². The second-order valence-electron chi connectivity index (χ2n) is 5.70. The molecule has 0 aliphatic heterocycles. The number of hydrogen-bond acceptors (Lipinski definition) is 6. The first-order valence-electron chi connectivity index (χ1n) is 7.65. The maximum absolute atomic E-state index is 13.6. The first kappa shape index (κ1) is 19.7. The van der Waals surface area contributed by atoms with E-state index in [1.165, 1.54) is 18.2 Å². The number of amides is 1. The fourth-order valence-electron chi connectivity index (χ4n) is 2.44. The number of carbonyl (C=O) groups is 1. The number of halogens is 2. The summed E-state index contributed by atoms with van der Waals surface area (Å²) in [5.41, 5.74) is 6.30. The highest BCUT2D eigenvalue weighted by Gasteiger charge is 2.15. The van der Waals surface area contributed by atoms with Crippen LogP contribution in [0.25, 0.3) is 21.2 Å². The minimum atomic E-state index is -3.86. The summed E-state index contributed by atoms with van der Waals surface area (Å²) in [6, 6.07) is 9.84. The lowest BCUT2D eigenvalue weighted by Crippen LogP contribution is -2.36. The predicted molar refractivity (Wildman–Crippen MR) is 102 cm³/mol. The number of nitrogens with two attached hydrogens (primary N) is 1. The molecule has 1 heterocycles. The topological polar surface area (TPSA) is 111 Å². The van der Waals surface area contributed by atoms with E-state index in [9.17, 15) is 22.0 Å². The smallest absolute Gasteiger partial charge is 0.325 e. The zero-order valence-corrected chi connectivity index (χ0v) is 15.9. The van der Waals surface area contributed by atoms with Crippen molar-refractivity contribution >= 4 is 43.4 Å². The summed E-state index contributed by atoms with van der Waals surface area (Å²) < 4.78 is 53.7. The average Bonchev–Trinajstić information content (AvgIpc) is 3.03. The van der Waals surface area contributed by atoms with Crippen molar-refractivity contribution in [3.8, 4) is 11.1 Å². The van der Waals surface area contributed by atoms with Crippen LogP contribution >= 0.6 is 11.3 Å². The number of nitrogens with one attached hydrogen (secondary N) is 1. The molecule has 11 heteroatoms. The molecule has 0 aliphatic rings. The first-order chi connectivity index (χ1) is 13.1. The van der Waals surface area contributed by atoms with Crippen molar-refractivity contribution in [1.29, 1.82) is 0 Å². The van der Waals surface area contributed by atoms with E-state index in [1.54, 1.807) is 18.2 Å². The Balaban J connectivity index is 1.93. The Morgan fingerprint density at radius 3 is 2.50 bits per heavy atom. The van der Waals surface area contributed by atoms with E-state index in [0.717, 1.165) is 23.7 Å². The molecule has 3 rings (SSSR count). The quantitative estimate of drug-likeness (QED) is 0.379. The number of rotatable bonds is 4. The van der Waals surface area contributed by atoms with Crippen LogP contribution in [0.4, 0.5) is 8.78 Å². The predicted octanol–water partition coefficient (Wildman–Crippen LogP) is 2.78. The second kappa shape index (κ2) is 7.52. The molecule has 0 saturated carbocycles. The molecular formula is C17H13F2N3O4S2. The Bertz CT molecular complexity index is 1190. The van der Waals surface area contributed by atoms with Crippen LogP contribution < -0.4 is 11.1 Å². The summed E-state index contributed by atoms with van der Waals surface area (Å²) in [6.45, 7) is 0. The summed E-state index contributed by atoms with van der Waals surface area (Å²) in [7, 11) is -3.86. The van der Waals surface area contributed by atoms with Crippen molar-refractivity contribution in [3.63, 3.8) is 0 Å². The van der Waals surface area contributed by atoms with Gasteiger partial charge in [-0.05, 0) is 40.5 Å². The van der Waals surface area contributed by atoms with E-state index in [4.69, 9.17) is 5.73 Å². The highest BCUT2D eigenvalue weighted by molar-refractivity contribution is 7.85. The van der Waals surface area contributed by atoms with Gasteiger partial charge in [0.25, 0.3) is 5.91 Å². The number of benzene rings is 2. The second-order valence-corrected chi connectivity index (χ2v) is 8.34. The van der Waals surface area contributed by atoms with Gasteiger partial charge in [0.2, 0.25) is 5.96 Å². The number of oxime groups is 1. The Morgan fingerprint density at radius 2 is 1.86 bits per heavy atom. The molecule has 28 heavy (non-hydrogen) atoms. The number of thiophene rings is 1. The standard InChI is InChI=1S/C17H13F2N3O4S2/c1-28(24,25)26-22-17(20)21-16(23)15-8-13-12(3-2-4-14(13)27-15)9-5-10(18)7-11(19)6-9/h2-8H,1H3,(H3,20,21,22,23). The van der Waals surface area contributed by atoms with E-state index >= 15 is 0 Å². The monoisotopic (exact) mass is 425 g/mol. The molecule has 7 nitrogen and oxygen atoms in total. The Labute approximate surface area is 162 Å². The number of guanidine groups is 1. The molecule has 0 radical (unpaired) electrons. The molecule has 0 saturated heterocycles. The van der Waals surface area contributed by atoms with Gasteiger partial charge in [0.05, 0.1) is 11.1 Å². The summed E-state index contributed by atoms with van der Waals surface area (Å²) in [5, 5.41) is 5.91. The maximum Gasteiger partial charge on any atom is 0.325 e. The molecule has 0 bridgehead atoms. The van der Waals surface area contributed by atoms with Crippen LogP contribution in [0.2, 0.25) is 0 Å². The van der Waals surface area contributed by atoms with Crippen LogP contribution in [0.5, 0.6) is 0 Å². The van der Waals surface area contributed by atoms with Crippen molar-refractivity contribution < 1.29 is 26.3 Å². The van der Waals surface area contributed by atoms with Crippen molar-refractivity contribution in [3.05, 3.63) is 59.0 Å². The molecule has 1 aromatic heterocycles. The third kappa shape index (κ3) is 4.61. The van der Waals surface area contributed by atoms with Crippen molar-refractivity contribution in [1.82, 2.24) is 5.32 Å². The van der Waals surface area contributed by atoms with Gasteiger partial charge >= 0.3 is 10.1 Å². The molecule has 0 unspecified atom stereocenters. The van der Waals surface area contributed by atoms with E-state index in [1.807, 2.05) is 0 Å². The Hall–Kier alpha value is -3.05. The van der Waals surface area contributed by atoms with Gasteiger partial charge in [0.1, 0.15) is 11.6 Å². The van der Waals surface area contributed by atoms with Gasteiger partial charge < -0.3 is 5.73 Å². The molecule has 0 fully saturated rings. The number of nitrogens with zero attached hydrogens (tertiary/aromatic N) is 1. The van der Waals surface area contributed by atoms with Gasteiger partial charge in [-0.2, -0.15) is 8.42 Å². The number of hydrogen-bond donors (Lipinski definition) is 2. The molecule has 0 atom stereocenters. The lowest BCUT2D eigenvalue weighted by Gasteiger charge is -2.04. The van der Waals surface area contributed by atoms with Gasteiger partial charge in [-0.3, -0.25) is 14.4 Å². The Kier molecular flexibility index (Phi) is 5.29. The fraction of sp³-hybridized carbons (Fsp3) is 0.0588. The minimum absolute atomic E-state index is 0.233. The van der Waals surface area contributed by atoms with Crippen molar-refractivity contribution in [2.75, 3.05) is 6.26 Å². The van der Waals surface area contributed by atoms with Gasteiger partial charge in [-0.15, -0.1) is 11.3 Å². The summed E-state index contributed by atoms with van der Waals surface area (Å²) in [5.74, 6) is -2.61. The molecule has 2 aromatic carbocycles. The largest absolute Gasteiger partial charge is 0.367 e. The van der Waals surface area contributed by atoms with Gasteiger partial charge in [0.15, 0.2) is 0 Å². The zero-order valence-electron chi connectivity index (χ0n) is 14.3. The van der Waals surface area contributed by atoms with Gasteiger partial charge in [-0.1, -0.05) is 12.1 Å². The summed E-state index contributed by atoms with van der Waals surface area (Å²) in [6.07, 6.45) is 0.772. The highest BCUT2D eigenvalue weighted by atomic mass is 32.2. The van der Waals surface area contributed by atoms with E-state index in [2.05, 4.69) is 14.8 Å². The summed E-state index contributed by atoms with van der Waals surface area (Å²) >= 11 is 1.12. The normalized spacial score (nSPS) is 12.2. The van der Waals surface area contributed by atoms with Crippen LogP contribution in [0, 0.1) is 11.6 Å². The summed E-state index contributed by atoms with van der Waals surface area (Å²) in [4.78, 5) is 12.6. The van der Waals surface area contributed by atoms with Crippen molar-refractivity contribution in [2.45, 2.75) is 0 Å². The number of fused-ring (bicyclic) bond motifs is 1. The van der Waals surface area contributed by atoms with Crippen LogP contribution in [0.3, 0.4) is 0 Å². The van der Waals surface area contributed by atoms with Crippen LogP contribution in [0.1, 0.15) is 9.67 Å². The highest BCUT2D eigenvalue weighted by Crippen LogP contribution is 2.34. The van der Waals surface area contributed by atoms with E-state index in [0.29, 0.717) is 21.2 Å². The molecule has 146 valence electrons. The van der Waals surface area contributed by atoms with E-state index < -0.39 is 33.6 Å². The third-order valence-corrected chi connectivity index (χ3v) is 4.92. The molecule has 3 aromatic rings. The third-order valence-electron chi connectivity index (χ3n) is 3.47. The lowest BCUT2D eigenvalue weighted by molar-refractivity contribution is 0.0979. The van der Waals surface area contributed by atoms with Crippen LogP contribution in [-0.2, 0) is 14.4 Å². The molecule has 3 N–H and O–H groups in total. The molecular weight excluding hydrogens is 412 g/mol. The fourth-order valence-corrected chi connectivity index (χ4v) is 3.64. The Morgan fingerprint density at radius 1 is 1.18 bits per heavy atom. The average molecular weight is 425 g/mol. The molecule has 0 aliphatic carbocycles. The molecule has 1 amide bonds. The maximum atomic E-state index is 13.6. The van der Waals surface area contributed by atoms with Gasteiger partial charge in [-0.25, -0.2) is 8.78 Å². The molecule has 0 spiro atoms. The SMILES string of the molecule is CS(=O)(=O)ON=C(N)NC(=O)c1cc2c(-c3cc(F)cc(F)c3)cccc2s1. The van der Waals surface area contributed by atoms with Gasteiger partial charge in [0, 0.05) is 16.2 Å². The number of carbonyl (C=O) groups excluding carboxylic acids is 1. The first-order valence-corrected chi connectivity index (χ1v) is 10.3. The lowest BCUT2D eigenvalue weighted by atomic mass is 10.0. The zero-order chi connectivity index (χ0) is 20.5. The van der Waals surface area contributed by atoms with Crippen LogP contribution in [-0.4, -0.2) is 26.5 Å². The van der Waals surface area contributed by atoms with E-state index in [-0.39, 0.29) is 4.88 Å². The van der Waals surface area contributed by atoms with Crippen LogP contribution in [0.15, 0.2) is 47.6 Å².